The van der Waals surface area contributed by atoms with Crippen molar-refractivity contribution in [3.8, 4) is 0 Å². The van der Waals surface area contributed by atoms with E-state index in [-0.39, 0.29) is 0 Å². The molecular weight excluding hydrogens is 484 g/mol. The van der Waals surface area contributed by atoms with Crippen molar-refractivity contribution in [1.82, 2.24) is 9.13 Å². The van der Waals surface area contributed by atoms with Gasteiger partial charge in [-0.3, -0.25) is 0 Å². The maximum absolute atomic E-state index is 2.49. The van der Waals surface area contributed by atoms with Crippen LogP contribution in [0, 0.1) is 5.92 Å². The first-order chi connectivity index (χ1) is 19.7. The number of fused-ring (bicyclic) bond motifs is 6. The van der Waals surface area contributed by atoms with Crippen molar-refractivity contribution in [2.24, 2.45) is 5.92 Å². The van der Waals surface area contributed by atoms with Crippen LogP contribution in [0.3, 0.4) is 0 Å². The van der Waals surface area contributed by atoms with Crippen LogP contribution < -0.4 is 0 Å². The molecule has 0 spiro atoms. The van der Waals surface area contributed by atoms with E-state index >= 15 is 0 Å². The summed E-state index contributed by atoms with van der Waals surface area (Å²) in [5.74, 6) is 0.466. The molecule has 6 aromatic rings. The van der Waals surface area contributed by atoms with E-state index in [1.807, 2.05) is 0 Å². The molecule has 8 rings (SSSR count). The number of para-hydroxylation sites is 4. The normalized spacial score (nSPS) is 18.1. The molecule has 194 valence electrons. The van der Waals surface area contributed by atoms with Crippen LogP contribution in [0.25, 0.3) is 55.0 Å². The summed E-state index contributed by atoms with van der Waals surface area (Å²) in [6, 6.07) is 35.3. The molecule has 40 heavy (non-hydrogen) atoms. The first kappa shape index (κ1) is 23.3. The standard InChI is InChI=1S/C38H32N2/c1-25-23-27(39-35-15-7-3-11-31(35)32-12-4-8-16-36(32)39)19-21-29(25)30-22-20-28(24-26(30)2)40-37-17-9-5-13-33(37)34-14-6-10-18-38(34)40/h3-19,21,24-25H,20,22-23H2,1-2H3. The van der Waals surface area contributed by atoms with E-state index in [0.29, 0.717) is 5.92 Å². The Morgan fingerprint density at radius 1 is 0.550 bits per heavy atom. The maximum Gasteiger partial charge on any atom is 0.0537 e. The zero-order valence-corrected chi connectivity index (χ0v) is 23.1. The first-order valence-electron chi connectivity index (χ1n) is 14.5. The monoisotopic (exact) mass is 516 g/mol. The van der Waals surface area contributed by atoms with Crippen LogP contribution >= 0.6 is 0 Å². The lowest BCUT2D eigenvalue weighted by Gasteiger charge is -2.29. The van der Waals surface area contributed by atoms with Crippen molar-refractivity contribution in [3.63, 3.8) is 0 Å². The Balaban J connectivity index is 1.22. The summed E-state index contributed by atoms with van der Waals surface area (Å²) in [6.45, 7) is 4.71. The molecule has 2 aliphatic carbocycles. The van der Waals surface area contributed by atoms with Gasteiger partial charge in [-0.25, -0.2) is 0 Å². The Hall–Kier alpha value is -4.56. The van der Waals surface area contributed by atoms with E-state index in [9.17, 15) is 0 Å². The van der Waals surface area contributed by atoms with Gasteiger partial charge < -0.3 is 9.13 Å². The number of aromatic nitrogens is 2. The van der Waals surface area contributed by atoms with E-state index in [1.54, 1.807) is 0 Å². The van der Waals surface area contributed by atoms with Crippen molar-refractivity contribution in [2.75, 3.05) is 0 Å². The average Bonchev–Trinajstić information content (AvgIpc) is 3.51. The van der Waals surface area contributed by atoms with Gasteiger partial charge in [0.25, 0.3) is 0 Å². The summed E-state index contributed by atoms with van der Waals surface area (Å²) in [4.78, 5) is 0. The molecule has 4 aromatic carbocycles. The highest BCUT2D eigenvalue weighted by Crippen LogP contribution is 2.42. The van der Waals surface area contributed by atoms with E-state index < -0.39 is 0 Å². The Kier molecular flexibility index (Phi) is 5.25. The molecule has 2 aliphatic rings. The lowest BCUT2D eigenvalue weighted by atomic mass is 9.80. The molecule has 0 N–H and O–H groups in total. The highest BCUT2D eigenvalue weighted by molar-refractivity contribution is 6.11. The van der Waals surface area contributed by atoms with E-state index in [1.165, 1.54) is 71.7 Å². The van der Waals surface area contributed by atoms with Gasteiger partial charge in [-0.05, 0) is 85.2 Å². The number of nitrogens with zero attached hydrogens (tertiary/aromatic N) is 2. The fraction of sp³-hybridized carbons (Fsp3) is 0.158. The third-order valence-corrected chi connectivity index (χ3v) is 9.07. The van der Waals surface area contributed by atoms with Crippen molar-refractivity contribution in [2.45, 2.75) is 33.1 Å². The van der Waals surface area contributed by atoms with E-state index in [2.05, 4.69) is 138 Å². The second-order valence-electron chi connectivity index (χ2n) is 11.4. The van der Waals surface area contributed by atoms with Gasteiger partial charge >= 0.3 is 0 Å². The summed E-state index contributed by atoms with van der Waals surface area (Å²) < 4.78 is 4.97. The summed E-state index contributed by atoms with van der Waals surface area (Å²) in [7, 11) is 0. The third kappa shape index (κ3) is 3.42. The molecule has 1 atom stereocenters. The van der Waals surface area contributed by atoms with Crippen LogP contribution in [-0.2, 0) is 0 Å². The first-order valence-corrected chi connectivity index (χ1v) is 14.5. The Morgan fingerprint density at radius 3 is 1.45 bits per heavy atom. The van der Waals surface area contributed by atoms with Gasteiger partial charge in [0.2, 0.25) is 0 Å². The highest BCUT2D eigenvalue weighted by atomic mass is 15.0. The molecule has 1 unspecified atom stereocenters. The van der Waals surface area contributed by atoms with Crippen LogP contribution in [0.4, 0.5) is 0 Å². The molecule has 0 saturated carbocycles. The molecule has 0 saturated heterocycles. The van der Waals surface area contributed by atoms with Crippen molar-refractivity contribution in [1.29, 1.82) is 0 Å². The summed E-state index contributed by atoms with van der Waals surface area (Å²) in [5.41, 5.74) is 12.4. The molecule has 0 radical (unpaired) electrons. The van der Waals surface area contributed by atoms with Crippen LogP contribution in [0.1, 0.15) is 33.1 Å². The third-order valence-electron chi connectivity index (χ3n) is 9.07. The second kappa shape index (κ2) is 8.99. The smallest absolute Gasteiger partial charge is 0.0537 e. The average molecular weight is 517 g/mol. The van der Waals surface area contributed by atoms with Crippen LogP contribution in [0.2, 0.25) is 0 Å². The molecule has 0 bridgehead atoms. The molecule has 2 aromatic heterocycles. The van der Waals surface area contributed by atoms with Crippen molar-refractivity contribution in [3.05, 3.63) is 132 Å². The molecule has 0 aliphatic heterocycles. The van der Waals surface area contributed by atoms with E-state index in [4.69, 9.17) is 0 Å². The Labute approximate surface area is 234 Å². The molecule has 2 heterocycles. The number of hydrogen-bond donors (Lipinski definition) is 0. The minimum Gasteiger partial charge on any atom is -0.313 e. The van der Waals surface area contributed by atoms with Crippen LogP contribution in [-0.4, -0.2) is 9.13 Å². The molecular formula is C38H32N2. The zero-order valence-electron chi connectivity index (χ0n) is 23.1. The van der Waals surface area contributed by atoms with Gasteiger partial charge in [0, 0.05) is 32.9 Å². The largest absolute Gasteiger partial charge is 0.313 e. The lowest BCUT2D eigenvalue weighted by Crippen LogP contribution is -2.13. The van der Waals surface area contributed by atoms with Crippen molar-refractivity contribution >= 4 is 55.0 Å². The summed E-state index contributed by atoms with van der Waals surface area (Å²) >= 11 is 0. The van der Waals surface area contributed by atoms with Gasteiger partial charge in [-0.1, -0.05) is 85.8 Å². The fourth-order valence-corrected chi connectivity index (χ4v) is 7.28. The number of hydrogen-bond acceptors (Lipinski definition) is 0. The SMILES string of the molecule is CC1=C(C2=CC=C(n3c4ccccc4c4ccccc43)CC2C)CCC(n2c3ccccc3c3ccccc32)=C1. The van der Waals surface area contributed by atoms with Gasteiger partial charge in [0.05, 0.1) is 22.1 Å². The van der Waals surface area contributed by atoms with Crippen molar-refractivity contribution < 1.29 is 0 Å². The maximum atomic E-state index is 2.49. The fourth-order valence-electron chi connectivity index (χ4n) is 7.28. The molecule has 2 nitrogen and oxygen atoms in total. The van der Waals surface area contributed by atoms with Crippen LogP contribution in [0.15, 0.2) is 132 Å². The quantitative estimate of drug-likeness (QED) is 0.221. The Morgan fingerprint density at radius 2 is 1.00 bits per heavy atom. The predicted octanol–water partition coefficient (Wildman–Crippen LogP) is 10.4. The van der Waals surface area contributed by atoms with Gasteiger partial charge in [0.15, 0.2) is 0 Å². The summed E-state index contributed by atoms with van der Waals surface area (Å²) in [6.07, 6.45) is 10.4. The lowest BCUT2D eigenvalue weighted by molar-refractivity contribution is 0.676. The minimum atomic E-state index is 0.466. The topological polar surface area (TPSA) is 9.86 Å². The molecule has 0 fully saturated rings. The Bertz CT molecular complexity index is 2000. The molecule has 0 amide bonds. The van der Waals surface area contributed by atoms with Crippen LogP contribution in [0.5, 0.6) is 0 Å². The van der Waals surface area contributed by atoms with Gasteiger partial charge in [-0.15, -0.1) is 0 Å². The van der Waals surface area contributed by atoms with Gasteiger partial charge in [-0.2, -0.15) is 0 Å². The van der Waals surface area contributed by atoms with Gasteiger partial charge in [0.1, 0.15) is 0 Å². The summed E-state index contributed by atoms with van der Waals surface area (Å²) in [5, 5.41) is 5.32. The number of allylic oxidation sites excluding steroid dienone is 8. The van der Waals surface area contributed by atoms with E-state index in [0.717, 1.165) is 19.3 Å². The number of rotatable bonds is 3. The zero-order chi connectivity index (χ0) is 26.8. The molecule has 2 heteroatoms. The predicted molar refractivity (Wildman–Crippen MR) is 171 cm³/mol. The minimum absolute atomic E-state index is 0.466. The highest BCUT2D eigenvalue weighted by Gasteiger charge is 2.25. The second-order valence-corrected chi connectivity index (χ2v) is 11.4. The number of benzene rings is 4.